The molecule has 0 bridgehead atoms. The fourth-order valence-electron chi connectivity index (χ4n) is 5.09. The summed E-state index contributed by atoms with van der Waals surface area (Å²) in [5, 5.41) is 13.4. The van der Waals surface area contributed by atoms with Crippen LogP contribution in [0.5, 0.6) is 0 Å². The fraction of sp³-hybridized carbons (Fsp3) is 0.364. The second-order valence-electron chi connectivity index (χ2n) is 10.2. The zero-order valence-electron chi connectivity index (χ0n) is 23.2. The number of pyridine rings is 1. The Morgan fingerprint density at radius 2 is 1.74 bits per heavy atom. The first-order valence-electron chi connectivity index (χ1n) is 13.5. The average Bonchev–Trinajstić information content (AvgIpc) is 3.34. The highest BCUT2D eigenvalue weighted by atomic mass is 16.5. The van der Waals surface area contributed by atoms with Crippen LogP contribution in [0.15, 0.2) is 54.7 Å². The number of ketones is 1. The molecule has 2 aromatic carbocycles. The number of aromatic nitrogens is 1. The lowest BCUT2D eigenvalue weighted by molar-refractivity contribution is 0.0939. The summed E-state index contributed by atoms with van der Waals surface area (Å²) < 4.78 is 5.48. The molecule has 1 N–H and O–H groups in total. The van der Waals surface area contributed by atoms with E-state index in [-0.39, 0.29) is 11.7 Å². The third-order valence-electron chi connectivity index (χ3n) is 7.47. The second kappa shape index (κ2) is 11.8. The van der Waals surface area contributed by atoms with E-state index in [9.17, 15) is 10.1 Å². The Morgan fingerprint density at radius 3 is 2.37 bits per heavy atom. The molecular formula is C33H37N3O2. The zero-order chi connectivity index (χ0) is 27.4. The molecule has 196 valence electrons. The van der Waals surface area contributed by atoms with Crippen molar-refractivity contribution in [2.24, 2.45) is 17.8 Å². The fourth-order valence-corrected chi connectivity index (χ4v) is 5.09. The number of Topliss-reactive ketones (excluding diaryl/α,β-unsaturated/α-hetero) is 1. The summed E-state index contributed by atoms with van der Waals surface area (Å²) in [7, 11) is 0. The molecule has 5 nitrogen and oxygen atoms in total. The van der Waals surface area contributed by atoms with E-state index in [1.54, 1.807) is 0 Å². The quantitative estimate of drug-likeness (QED) is 0.337. The maximum Gasteiger partial charge on any atom is 0.165 e. The molecule has 2 heterocycles. The number of hydrogen-bond acceptors (Lipinski definition) is 5. The molecule has 1 aliphatic carbocycles. The van der Waals surface area contributed by atoms with Crippen molar-refractivity contribution >= 4 is 23.1 Å². The molecule has 0 spiro atoms. The highest BCUT2D eigenvalue weighted by molar-refractivity contribution is 5.97. The number of ether oxygens (including phenoxy) is 1. The van der Waals surface area contributed by atoms with Crippen LogP contribution in [-0.2, 0) is 4.74 Å². The van der Waals surface area contributed by atoms with E-state index >= 15 is 0 Å². The Kier molecular flexibility index (Phi) is 8.44. The van der Waals surface area contributed by atoms with Gasteiger partial charge in [-0.1, -0.05) is 58.0 Å². The van der Waals surface area contributed by atoms with Crippen LogP contribution in [-0.4, -0.2) is 30.0 Å². The Bertz CT molecular complexity index is 1370. The van der Waals surface area contributed by atoms with Gasteiger partial charge in [0, 0.05) is 35.6 Å². The van der Waals surface area contributed by atoms with Crippen molar-refractivity contribution in [3.63, 3.8) is 0 Å². The van der Waals surface area contributed by atoms with Crippen LogP contribution in [0.25, 0.3) is 22.8 Å². The number of carbonyl (C=O) groups is 1. The van der Waals surface area contributed by atoms with Crippen molar-refractivity contribution in [3.8, 4) is 17.2 Å². The lowest BCUT2D eigenvalue weighted by Gasteiger charge is -2.14. The van der Waals surface area contributed by atoms with Gasteiger partial charge in [0.2, 0.25) is 0 Å². The molecule has 3 aromatic rings. The summed E-state index contributed by atoms with van der Waals surface area (Å²) in [5.74, 6) is 1.28. The van der Waals surface area contributed by atoms with Gasteiger partial charge in [-0.15, -0.1) is 0 Å². The van der Waals surface area contributed by atoms with Crippen LogP contribution in [0.4, 0.5) is 5.69 Å². The van der Waals surface area contributed by atoms with E-state index in [1.807, 2.05) is 76.4 Å². The van der Waals surface area contributed by atoms with Crippen molar-refractivity contribution in [1.82, 2.24) is 4.98 Å². The number of rotatable bonds is 7. The summed E-state index contributed by atoms with van der Waals surface area (Å²) in [4.78, 5) is 16.9. The summed E-state index contributed by atoms with van der Waals surface area (Å²) in [6.45, 7) is 13.6. The Morgan fingerprint density at radius 1 is 1.08 bits per heavy atom. The Hall–Kier alpha value is -3.75. The van der Waals surface area contributed by atoms with Gasteiger partial charge in [0.05, 0.1) is 30.2 Å². The van der Waals surface area contributed by atoms with Gasteiger partial charge in [-0.05, 0) is 65.9 Å². The maximum absolute atomic E-state index is 12.2. The number of nitrogens with zero attached hydrogens (tertiary/aromatic N) is 2. The predicted molar refractivity (Wildman–Crippen MR) is 155 cm³/mol. The minimum Gasteiger partial charge on any atom is -0.381 e. The zero-order valence-corrected chi connectivity index (χ0v) is 23.2. The first-order valence-corrected chi connectivity index (χ1v) is 13.5. The first-order chi connectivity index (χ1) is 18.4. The van der Waals surface area contributed by atoms with Gasteiger partial charge in [0.25, 0.3) is 0 Å². The van der Waals surface area contributed by atoms with Crippen LogP contribution in [0, 0.1) is 36.0 Å². The molecule has 2 atom stereocenters. The van der Waals surface area contributed by atoms with Gasteiger partial charge in [-0.3, -0.25) is 9.78 Å². The van der Waals surface area contributed by atoms with E-state index in [4.69, 9.17) is 4.74 Å². The number of anilines is 1. The average molecular weight is 508 g/mol. The van der Waals surface area contributed by atoms with Crippen molar-refractivity contribution in [3.05, 3.63) is 82.7 Å². The van der Waals surface area contributed by atoms with Crippen LogP contribution in [0.2, 0.25) is 0 Å². The van der Waals surface area contributed by atoms with E-state index in [0.717, 1.165) is 58.0 Å². The molecule has 1 aromatic heterocycles. The van der Waals surface area contributed by atoms with Gasteiger partial charge in [0.15, 0.2) is 5.78 Å². The monoisotopic (exact) mass is 507 g/mol. The lowest BCUT2D eigenvalue weighted by Crippen LogP contribution is -2.13. The van der Waals surface area contributed by atoms with Crippen molar-refractivity contribution in [2.45, 2.75) is 47.6 Å². The largest absolute Gasteiger partial charge is 0.381 e. The topological polar surface area (TPSA) is 75.0 Å². The number of nitriles is 1. The minimum absolute atomic E-state index is 0.0172. The molecule has 2 fully saturated rings. The molecule has 1 saturated heterocycles. The van der Waals surface area contributed by atoms with Gasteiger partial charge in [-0.2, -0.15) is 5.26 Å². The SMILES string of the molecule is C/C(=C\c1nccc(-c2ccc(NC3C4COCC43)c(C#N)c2)c1C)c1ccc(C(=O)C(C)C)cc1.CC. The minimum atomic E-state index is -0.0172. The van der Waals surface area contributed by atoms with E-state index < -0.39 is 0 Å². The van der Waals surface area contributed by atoms with Crippen molar-refractivity contribution in [2.75, 3.05) is 18.5 Å². The smallest absolute Gasteiger partial charge is 0.165 e. The molecule has 1 aliphatic heterocycles. The molecule has 5 heteroatoms. The number of benzene rings is 2. The van der Waals surface area contributed by atoms with Gasteiger partial charge in [0.1, 0.15) is 6.07 Å². The maximum atomic E-state index is 12.2. The molecular weight excluding hydrogens is 470 g/mol. The standard InChI is InChI=1S/C31H31N3O2.C2H6/c1-18(2)31(35)22-7-5-21(6-8-22)19(3)13-29-20(4)25(11-12-33-29)23-9-10-28(24(14-23)15-32)34-30-26-16-36-17-27(26)30;1-2/h5-14,18,26-27,30,34H,16-17H2,1-4H3;1-2H3/b19-13+;. The normalized spacial score (nSPS) is 19.7. The highest BCUT2D eigenvalue weighted by Crippen LogP contribution is 2.46. The van der Waals surface area contributed by atoms with Crippen LogP contribution < -0.4 is 5.32 Å². The Balaban J connectivity index is 0.00000164. The third-order valence-corrected chi connectivity index (χ3v) is 7.47. The molecule has 2 aliphatic rings. The molecule has 38 heavy (non-hydrogen) atoms. The van der Waals surface area contributed by atoms with Gasteiger partial charge in [-0.25, -0.2) is 0 Å². The number of hydrogen-bond donors (Lipinski definition) is 1. The second-order valence-corrected chi connectivity index (χ2v) is 10.2. The van der Waals surface area contributed by atoms with E-state index in [1.165, 1.54) is 0 Å². The summed E-state index contributed by atoms with van der Waals surface area (Å²) in [6, 6.07) is 18.6. The molecule has 5 rings (SSSR count). The number of allylic oxidation sites excluding steroid dienone is 1. The third kappa shape index (κ3) is 5.56. The van der Waals surface area contributed by atoms with Crippen molar-refractivity contribution < 1.29 is 9.53 Å². The summed E-state index contributed by atoms with van der Waals surface area (Å²) >= 11 is 0. The van der Waals surface area contributed by atoms with Crippen LogP contribution >= 0.6 is 0 Å². The van der Waals surface area contributed by atoms with Gasteiger partial charge >= 0.3 is 0 Å². The Labute approximate surface area is 226 Å². The van der Waals surface area contributed by atoms with E-state index in [0.29, 0.717) is 23.4 Å². The lowest BCUT2D eigenvalue weighted by atomic mass is 9.95. The first kappa shape index (κ1) is 27.3. The van der Waals surface area contributed by atoms with Crippen molar-refractivity contribution in [1.29, 1.82) is 5.26 Å². The highest BCUT2D eigenvalue weighted by Gasteiger charge is 2.54. The van der Waals surface area contributed by atoms with Crippen LogP contribution in [0.1, 0.15) is 67.4 Å². The van der Waals surface area contributed by atoms with Crippen LogP contribution in [0.3, 0.4) is 0 Å². The van der Waals surface area contributed by atoms with Gasteiger partial charge < -0.3 is 10.1 Å². The number of carbonyl (C=O) groups excluding carboxylic acids is 1. The number of nitrogens with one attached hydrogen (secondary N) is 1. The predicted octanol–water partition coefficient (Wildman–Crippen LogP) is 7.41. The summed E-state index contributed by atoms with van der Waals surface area (Å²) in [6.07, 6.45) is 3.89. The molecule has 1 saturated carbocycles. The van der Waals surface area contributed by atoms with E-state index in [2.05, 4.69) is 42.4 Å². The molecule has 0 radical (unpaired) electrons. The number of fused-ring (bicyclic) bond motifs is 1. The molecule has 2 unspecified atom stereocenters. The molecule has 0 amide bonds. The summed E-state index contributed by atoms with van der Waals surface area (Å²) in [5.41, 5.74) is 8.41.